The molecule has 0 fully saturated rings. The molecule has 0 amide bonds. The number of aliphatic hydroxyl groups is 1. The number of carboxylic acid groups (broad SMARTS) is 1. The van der Waals surface area contributed by atoms with Crippen LogP contribution in [-0.4, -0.2) is 55.6 Å². The summed E-state index contributed by atoms with van der Waals surface area (Å²) in [6, 6.07) is -1.67. The third kappa shape index (κ3) is 5.63. The van der Waals surface area contributed by atoms with E-state index in [1.807, 2.05) is 0 Å². The number of aliphatic carboxylic acids is 1. The first-order chi connectivity index (χ1) is 7.32. The van der Waals surface area contributed by atoms with Crippen molar-refractivity contribution in [3.8, 4) is 0 Å². The number of sulfonamides is 1. The van der Waals surface area contributed by atoms with E-state index in [9.17, 15) is 18.0 Å². The lowest BCUT2D eigenvalue weighted by atomic mass is 10.3. The highest BCUT2D eigenvalue weighted by atomic mass is 32.2. The van der Waals surface area contributed by atoms with Crippen LogP contribution in [0.4, 0.5) is 0 Å². The first kappa shape index (κ1) is 14.8. The van der Waals surface area contributed by atoms with Gasteiger partial charge in [-0.05, 0) is 6.92 Å². The largest absolute Gasteiger partial charge is 0.480 e. The average Bonchev–Trinajstić information content (AvgIpc) is 2.13. The Morgan fingerprint density at radius 3 is 2.38 bits per heavy atom. The Morgan fingerprint density at radius 1 is 1.44 bits per heavy atom. The third-order valence-electron chi connectivity index (χ3n) is 1.42. The summed E-state index contributed by atoms with van der Waals surface area (Å²) in [4.78, 5) is 21.3. The van der Waals surface area contributed by atoms with Gasteiger partial charge in [-0.1, -0.05) is 0 Å². The molecular formula is C7H13NO7S. The quantitative estimate of drug-likeness (QED) is 0.445. The molecule has 0 spiro atoms. The fourth-order valence-electron chi connectivity index (χ4n) is 0.782. The second-order valence-electron chi connectivity index (χ2n) is 2.76. The van der Waals surface area contributed by atoms with Gasteiger partial charge >= 0.3 is 11.9 Å². The van der Waals surface area contributed by atoms with E-state index >= 15 is 0 Å². The molecule has 0 aromatic carbocycles. The van der Waals surface area contributed by atoms with Gasteiger partial charge in [0.2, 0.25) is 10.0 Å². The zero-order chi connectivity index (χ0) is 12.8. The van der Waals surface area contributed by atoms with Gasteiger partial charge in [0.1, 0.15) is 6.04 Å². The molecule has 9 heteroatoms. The third-order valence-corrected chi connectivity index (χ3v) is 2.68. The van der Waals surface area contributed by atoms with Crippen molar-refractivity contribution in [2.75, 3.05) is 19.0 Å². The maximum absolute atomic E-state index is 11.2. The van der Waals surface area contributed by atoms with Crippen molar-refractivity contribution in [1.29, 1.82) is 0 Å². The predicted octanol–water partition coefficient (Wildman–Crippen LogP) is -2.09. The van der Waals surface area contributed by atoms with Gasteiger partial charge in [0, 0.05) is 0 Å². The first-order valence-corrected chi connectivity index (χ1v) is 5.97. The molecular weight excluding hydrogens is 242 g/mol. The second-order valence-corrected chi connectivity index (χ2v) is 4.51. The van der Waals surface area contributed by atoms with E-state index in [4.69, 9.17) is 10.2 Å². The van der Waals surface area contributed by atoms with Crippen molar-refractivity contribution in [2.24, 2.45) is 0 Å². The van der Waals surface area contributed by atoms with E-state index in [-0.39, 0.29) is 6.61 Å². The Hall–Kier alpha value is -1.19. The molecule has 0 rings (SSSR count). The molecule has 0 bridgehead atoms. The van der Waals surface area contributed by atoms with Gasteiger partial charge in [0.05, 0.1) is 13.2 Å². The summed E-state index contributed by atoms with van der Waals surface area (Å²) in [5, 5.41) is 17.0. The number of esters is 1. The number of aliphatic hydroxyl groups excluding tert-OH is 1. The minimum Gasteiger partial charge on any atom is -0.480 e. The highest BCUT2D eigenvalue weighted by Gasteiger charge is 2.25. The van der Waals surface area contributed by atoms with E-state index in [0.717, 1.165) is 0 Å². The lowest BCUT2D eigenvalue weighted by Crippen LogP contribution is -2.45. The van der Waals surface area contributed by atoms with Crippen LogP contribution in [0.2, 0.25) is 0 Å². The molecule has 16 heavy (non-hydrogen) atoms. The van der Waals surface area contributed by atoms with Gasteiger partial charge in [0.15, 0.2) is 5.75 Å². The molecule has 1 atom stereocenters. The minimum atomic E-state index is -4.12. The summed E-state index contributed by atoms with van der Waals surface area (Å²) >= 11 is 0. The number of ether oxygens (including phenoxy) is 1. The Labute approximate surface area is 92.3 Å². The molecule has 0 heterocycles. The summed E-state index contributed by atoms with van der Waals surface area (Å²) in [6.45, 7) is 0.625. The molecule has 0 aliphatic rings. The van der Waals surface area contributed by atoms with Gasteiger partial charge in [-0.2, -0.15) is 4.72 Å². The van der Waals surface area contributed by atoms with E-state index in [1.165, 1.54) is 6.92 Å². The maximum Gasteiger partial charge on any atom is 0.324 e. The average molecular weight is 255 g/mol. The highest BCUT2D eigenvalue weighted by molar-refractivity contribution is 7.90. The zero-order valence-corrected chi connectivity index (χ0v) is 9.36. The molecule has 3 N–H and O–H groups in total. The number of rotatable bonds is 7. The molecule has 0 aliphatic carbocycles. The van der Waals surface area contributed by atoms with Crippen LogP contribution in [0.3, 0.4) is 0 Å². The first-order valence-electron chi connectivity index (χ1n) is 4.31. The van der Waals surface area contributed by atoms with Crippen LogP contribution in [0.15, 0.2) is 0 Å². The molecule has 0 unspecified atom stereocenters. The van der Waals surface area contributed by atoms with Gasteiger partial charge < -0.3 is 14.9 Å². The second kappa shape index (κ2) is 6.40. The van der Waals surface area contributed by atoms with Crippen LogP contribution in [0, 0.1) is 0 Å². The lowest BCUT2D eigenvalue weighted by Gasteiger charge is -2.11. The standard InChI is InChI=1S/C7H13NO7S/c1-2-15-6(10)4-16(13,14)8-5(3-9)7(11)12/h5,8-9H,2-4H2,1H3,(H,11,12)/t5-/m1/s1. The topological polar surface area (TPSA) is 130 Å². The Morgan fingerprint density at radius 2 is 2.00 bits per heavy atom. The SMILES string of the molecule is CCOC(=O)CS(=O)(=O)N[C@H](CO)C(=O)O. The zero-order valence-electron chi connectivity index (χ0n) is 8.54. The molecule has 0 radical (unpaired) electrons. The molecule has 0 aliphatic heterocycles. The lowest BCUT2D eigenvalue weighted by molar-refractivity contribution is -0.141. The Kier molecular flexibility index (Phi) is 5.93. The van der Waals surface area contributed by atoms with Gasteiger partial charge in [-0.3, -0.25) is 9.59 Å². The number of carboxylic acids is 1. The van der Waals surface area contributed by atoms with Crippen LogP contribution in [0.5, 0.6) is 0 Å². The summed E-state index contributed by atoms with van der Waals surface area (Å²) in [6.07, 6.45) is 0. The number of carbonyl (C=O) groups excluding carboxylic acids is 1. The smallest absolute Gasteiger partial charge is 0.324 e. The Balaban J connectivity index is 4.45. The van der Waals surface area contributed by atoms with Gasteiger partial charge in [0.25, 0.3) is 0 Å². The van der Waals surface area contributed by atoms with Gasteiger partial charge in [-0.25, -0.2) is 8.42 Å². The molecule has 0 aromatic heterocycles. The van der Waals surface area contributed by atoms with E-state index in [1.54, 1.807) is 4.72 Å². The number of nitrogens with one attached hydrogen (secondary N) is 1. The van der Waals surface area contributed by atoms with Crippen molar-refractivity contribution in [3.63, 3.8) is 0 Å². The number of hydrogen-bond donors (Lipinski definition) is 3. The molecule has 94 valence electrons. The fourth-order valence-corrected chi connectivity index (χ4v) is 1.87. The van der Waals surface area contributed by atoms with Crippen molar-refractivity contribution < 1.29 is 33.0 Å². The summed E-state index contributed by atoms with van der Waals surface area (Å²) < 4.78 is 28.4. The highest BCUT2D eigenvalue weighted by Crippen LogP contribution is 1.92. The molecule has 0 aromatic rings. The molecule has 0 saturated carbocycles. The van der Waals surface area contributed by atoms with E-state index in [0.29, 0.717) is 0 Å². The van der Waals surface area contributed by atoms with Crippen molar-refractivity contribution in [3.05, 3.63) is 0 Å². The normalized spacial score (nSPS) is 13.1. The van der Waals surface area contributed by atoms with E-state index in [2.05, 4.69) is 4.74 Å². The van der Waals surface area contributed by atoms with Gasteiger partial charge in [-0.15, -0.1) is 0 Å². The summed E-state index contributed by atoms with van der Waals surface area (Å²) in [5.41, 5.74) is 0. The monoisotopic (exact) mass is 255 g/mol. The van der Waals surface area contributed by atoms with Crippen LogP contribution in [-0.2, 0) is 24.3 Å². The van der Waals surface area contributed by atoms with Crippen LogP contribution in [0.1, 0.15) is 6.92 Å². The summed E-state index contributed by atoms with van der Waals surface area (Å²) in [7, 11) is -4.12. The van der Waals surface area contributed by atoms with Crippen LogP contribution >= 0.6 is 0 Å². The summed E-state index contributed by atoms with van der Waals surface area (Å²) in [5.74, 6) is -3.50. The van der Waals surface area contributed by atoms with Crippen LogP contribution in [0.25, 0.3) is 0 Å². The molecule has 0 saturated heterocycles. The predicted molar refractivity (Wildman–Crippen MR) is 52.1 cm³/mol. The fraction of sp³-hybridized carbons (Fsp3) is 0.714. The van der Waals surface area contributed by atoms with Crippen molar-refractivity contribution in [1.82, 2.24) is 4.72 Å². The van der Waals surface area contributed by atoms with Crippen molar-refractivity contribution in [2.45, 2.75) is 13.0 Å². The van der Waals surface area contributed by atoms with Crippen molar-refractivity contribution >= 4 is 22.0 Å². The van der Waals surface area contributed by atoms with E-state index < -0.39 is 40.4 Å². The minimum absolute atomic E-state index is 0.0245. The molecule has 8 nitrogen and oxygen atoms in total. The Bertz CT molecular complexity index is 350. The maximum atomic E-state index is 11.2. The van der Waals surface area contributed by atoms with Crippen LogP contribution < -0.4 is 4.72 Å². The number of hydrogen-bond acceptors (Lipinski definition) is 6. The number of carbonyl (C=O) groups is 2.